The first-order chi connectivity index (χ1) is 9.82. The molecule has 1 rings (SSSR count). The fraction of sp³-hybridized carbons (Fsp3) is 0.429. The minimum absolute atomic E-state index is 0.0544. The molecule has 0 unspecified atom stereocenters. The van der Waals surface area contributed by atoms with Crippen LogP contribution in [0.3, 0.4) is 0 Å². The van der Waals surface area contributed by atoms with Gasteiger partial charge in [-0.25, -0.2) is 8.78 Å². The lowest BCUT2D eigenvalue weighted by Gasteiger charge is -2.26. The van der Waals surface area contributed by atoms with E-state index in [0.29, 0.717) is 22.4 Å². The van der Waals surface area contributed by atoms with Crippen LogP contribution in [-0.2, 0) is 11.3 Å². The molecule has 0 aliphatic heterocycles. The number of benzene rings is 1. The second kappa shape index (κ2) is 7.07. The van der Waals surface area contributed by atoms with E-state index in [9.17, 15) is 22.4 Å². The Bertz CT molecular complexity index is 523. The van der Waals surface area contributed by atoms with Gasteiger partial charge in [-0.05, 0) is 24.1 Å². The highest BCUT2D eigenvalue weighted by molar-refractivity contribution is 5.84. The Morgan fingerprint density at radius 3 is 2.33 bits per heavy atom. The standard InChI is InChI=1S/C14H14F4N2O/c1-2-7-20(13(21)14(17,18)12(15)16)9-11-5-3-10(8-19)4-6-11/h3-6,12H,2,7,9H2,1H3. The topological polar surface area (TPSA) is 44.1 Å². The van der Waals surface area contributed by atoms with Gasteiger partial charge in [0.25, 0.3) is 5.91 Å². The van der Waals surface area contributed by atoms with E-state index in [1.165, 1.54) is 24.3 Å². The molecule has 0 saturated carbocycles. The summed E-state index contributed by atoms with van der Waals surface area (Å²) in [5.74, 6) is -6.58. The Morgan fingerprint density at radius 2 is 1.90 bits per heavy atom. The third-order valence-electron chi connectivity index (χ3n) is 2.80. The number of hydrogen-bond donors (Lipinski definition) is 0. The molecule has 0 aliphatic carbocycles. The molecule has 0 N–H and O–H groups in total. The highest BCUT2D eigenvalue weighted by atomic mass is 19.3. The van der Waals surface area contributed by atoms with E-state index in [1.807, 2.05) is 6.07 Å². The predicted molar refractivity (Wildman–Crippen MR) is 67.8 cm³/mol. The zero-order valence-electron chi connectivity index (χ0n) is 11.3. The summed E-state index contributed by atoms with van der Waals surface area (Å²) in [4.78, 5) is 12.3. The first-order valence-corrected chi connectivity index (χ1v) is 6.27. The summed E-state index contributed by atoms with van der Waals surface area (Å²) < 4.78 is 50.8. The molecular formula is C14H14F4N2O. The molecule has 3 nitrogen and oxygen atoms in total. The molecule has 0 heterocycles. The first kappa shape index (κ1) is 17.0. The van der Waals surface area contributed by atoms with Crippen LogP contribution in [0.5, 0.6) is 0 Å². The molecule has 7 heteroatoms. The summed E-state index contributed by atoms with van der Waals surface area (Å²) in [6.45, 7) is 1.39. The SMILES string of the molecule is CCCN(Cc1ccc(C#N)cc1)C(=O)C(F)(F)C(F)F. The fourth-order valence-electron chi connectivity index (χ4n) is 1.73. The Kier molecular flexibility index (Phi) is 5.70. The van der Waals surface area contributed by atoms with Gasteiger partial charge in [0.1, 0.15) is 0 Å². The Morgan fingerprint density at radius 1 is 1.33 bits per heavy atom. The largest absolute Gasteiger partial charge is 0.383 e. The molecule has 0 fully saturated rings. The summed E-state index contributed by atoms with van der Waals surface area (Å²) in [7, 11) is 0. The zero-order chi connectivity index (χ0) is 16.0. The van der Waals surface area contributed by atoms with Crippen LogP contribution in [0.25, 0.3) is 0 Å². The summed E-state index contributed by atoms with van der Waals surface area (Å²) in [6.07, 6.45) is -3.67. The van der Waals surface area contributed by atoms with Gasteiger partial charge in [0.15, 0.2) is 0 Å². The molecule has 0 saturated heterocycles. The van der Waals surface area contributed by atoms with Crippen LogP contribution in [0.4, 0.5) is 17.6 Å². The van der Waals surface area contributed by atoms with Crippen LogP contribution in [0.1, 0.15) is 24.5 Å². The Hall–Kier alpha value is -2.10. The number of halogens is 4. The first-order valence-electron chi connectivity index (χ1n) is 6.27. The van der Waals surface area contributed by atoms with Crippen LogP contribution >= 0.6 is 0 Å². The highest BCUT2D eigenvalue weighted by Gasteiger charge is 2.50. The van der Waals surface area contributed by atoms with Gasteiger partial charge in [-0.15, -0.1) is 0 Å². The van der Waals surface area contributed by atoms with E-state index >= 15 is 0 Å². The highest BCUT2D eigenvalue weighted by Crippen LogP contribution is 2.26. The van der Waals surface area contributed by atoms with Gasteiger partial charge in [-0.2, -0.15) is 14.0 Å². The second-order valence-corrected chi connectivity index (χ2v) is 4.46. The maximum Gasteiger partial charge on any atom is 0.383 e. The number of amides is 1. The summed E-state index contributed by atoms with van der Waals surface area (Å²) in [5, 5.41) is 8.65. The van der Waals surface area contributed by atoms with Crippen molar-refractivity contribution >= 4 is 5.91 Å². The van der Waals surface area contributed by atoms with E-state index in [4.69, 9.17) is 5.26 Å². The van der Waals surface area contributed by atoms with E-state index in [-0.39, 0.29) is 13.1 Å². The number of nitriles is 1. The smallest absolute Gasteiger partial charge is 0.333 e. The van der Waals surface area contributed by atoms with E-state index in [2.05, 4.69) is 0 Å². The lowest BCUT2D eigenvalue weighted by atomic mass is 10.1. The third-order valence-corrected chi connectivity index (χ3v) is 2.80. The summed E-state index contributed by atoms with van der Waals surface area (Å²) in [5.41, 5.74) is 0.867. The van der Waals surface area contributed by atoms with Crippen molar-refractivity contribution in [1.29, 1.82) is 5.26 Å². The van der Waals surface area contributed by atoms with Crippen molar-refractivity contribution < 1.29 is 22.4 Å². The van der Waals surface area contributed by atoms with Gasteiger partial charge in [0.05, 0.1) is 11.6 Å². The van der Waals surface area contributed by atoms with Crippen LogP contribution in [-0.4, -0.2) is 29.7 Å². The van der Waals surface area contributed by atoms with Crippen molar-refractivity contribution in [3.8, 4) is 6.07 Å². The minimum Gasteiger partial charge on any atom is -0.333 e. The summed E-state index contributed by atoms with van der Waals surface area (Å²) >= 11 is 0. The molecule has 114 valence electrons. The van der Waals surface area contributed by atoms with Gasteiger partial charge in [-0.3, -0.25) is 4.79 Å². The maximum atomic E-state index is 13.2. The number of alkyl halides is 4. The molecule has 1 aromatic carbocycles. The van der Waals surface area contributed by atoms with Crippen LogP contribution < -0.4 is 0 Å². The van der Waals surface area contributed by atoms with E-state index in [0.717, 1.165) is 0 Å². The monoisotopic (exact) mass is 302 g/mol. The molecule has 0 bridgehead atoms. The lowest BCUT2D eigenvalue weighted by Crippen LogP contribution is -2.47. The average Bonchev–Trinajstić information content (AvgIpc) is 2.46. The van der Waals surface area contributed by atoms with Gasteiger partial charge >= 0.3 is 12.3 Å². The number of rotatable bonds is 6. The molecule has 21 heavy (non-hydrogen) atoms. The Balaban J connectivity index is 2.91. The molecular weight excluding hydrogens is 288 g/mol. The molecule has 0 aromatic heterocycles. The van der Waals surface area contributed by atoms with Crippen LogP contribution in [0.2, 0.25) is 0 Å². The lowest BCUT2D eigenvalue weighted by molar-refractivity contribution is -0.181. The van der Waals surface area contributed by atoms with E-state index in [1.54, 1.807) is 6.92 Å². The fourth-order valence-corrected chi connectivity index (χ4v) is 1.73. The summed E-state index contributed by atoms with van der Waals surface area (Å²) in [6, 6.07) is 7.82. The van der Waals surface area contributed by atoms with Crippen molar-refractivity contribution in [3.05, 3.63) is 35.4 Å². The van der Waals surface area contributed by atoms with Gasteiger partial charge < -0.3 is 4.90 Å². The number of carbonyl (C=O) groups is 1. The van der Waals surface area contributed by atoms with E-state index < -0.39 is 18.3 Å². The maximum absolute atomic E-state index is 13.2. The number of hydrogen-bond acceptors (Lipinski definition) is 2. The van der Waals surface area contributed by atoms with Gasteiger partial charge in [-0.1, -0.05) is 19.1 Å². The zero-order valence-corrected chi connectivity index (χ0v) is 11.3. The van der Waals surface area contributed by atoms with Crippen molar-refractivity contribution in [2.24, 2.45) is 0 Å². The second-order valence-electron chi connectivity index (χ2n) is 4.46. The Labute approximate surface area is 119 Å². The van der Waals surface area contributed by atoms with Crippen molar-refractivity contribution in [2.75, 3.05) is 6.54 Å². The van der Waals surface area contributed by atoms with Crippen molar-refractivity contribution in [1.82, 2.24) is 4.90 Å². The van der Waals surface area contributed by atoms with Crippen molar-refractivity contribution in [3.63, 3.8) is 0 Å². The molecule has 0 aliphatic rings. The predicted octanol–water partition coefficient (Wildman–Crippen LogP) is 3.20. The van der Waals surface area contributed by atoms with Crippen LogP contribution in [0, 0.1) is 11.3 Å². The molecule has 0 radical (unpaired) electrons. The normalized spacial score (nSPS) is 11.3. The average molecular weight is 302 g/mol. The minimum atomic E-state index is -4.69. The molecule has 1 aromatic rings. The molecule has 0 spiro atoms. The van der Waals surface area contributed by atoms with Crippen LogP contribution in [0.15, 0.2) is 24.3 Å². The van der Waals surface area contributed by atoms with Gasteiger partial charge in [0.2, 0.25) is 0 Å². The number of nitrogens with zero attached hydrogens (tertiary/aromatic N) is 2. The van der Waals surface area contributed by atoms with Crippen molar-refractivity contribution in [2.45, 2.75) is 32.2 Å². The van der Waals surface area contributed by atoms with Gasteiger partial charge in [0, 0.05) is 13.1 Å². The number of carbonyl (C=O) groups excluding carboxylic acids is 1. The third kappa shape index (κ3) is 4.18. The molecule has 1 amide bonds. The quantitative estimate of drug-likeness (QED) is 0.757. The molecule has 0 atom stereocenters.